The van der Waals surface area contributed by atoms with Gasteiger partial charge in [0.2, 0.25) is 5.76 Å². The molecule has 5 nitrogen and oxygen atoms in total. The molecule has 0 bridgehead atoms. The second-order valence-electron chi connectivity index (χ2n) is 3.90. The minimum absolute atomic E-state index is 0.187. The molecule has 0 saturated heterocycles. The molecule has 0 amide bonds. The minimum Gasteiger partial charge on any atom is -0.460 e. The van der Waals surface area contributed by atoms with Crippen LogP contribution in [0.25, 0.3) is 0 Å². The topological polar surface area (TPSA) is 61.8 Å². The van der Waals surface area contributed by atoms with E-state index in [0.29, 0.717) is 11.7 Å². The summed E-state index contributed by atoms with van der Waals surface area (Å²) >= 11 is 0. The number of ether oxygens (including phenoxy) is 1. The van der Waals surface area contributed by atoms with Gasteiger partial charge in [-0.15, -0.1) is 0 Å². The Morgan fingerprint density at radius 3 is 2.45 bits per heavy atom. The van der Waals surface area contributed by atoms with E-state index in [1.165, 1.54) is 0 Å². The van der Waals surface area contributed by atoms with Crippen molar-refractivity contribution in [1.29, 1.82) is 0 Å². The molecule has 0 aliphatic heterocycles. The molecule has 0 radical (unpaired) electrons. The van der Waals surface area contributed by atoms with Crippen LogP contribution in [-0.4, -0.2) is 19.2 Å². The van der Waals surface area contributed by atoms with Crippen molar-refractivity contribution in [3.05, 3.63) is 42.7 Å². The Labute approximate surface area is 119 Å². The molecular weight excluding hydrogens is 279 g/mol. The molecule has 1 aromatic carbocycles. The van der Waals surface area contributed by atoms with Gasteiger partial charge < -0.3 is 9.26 Å². The smallest absolute Gasteiger partial charge is 0.410 e. The second-order valence-corrected chi connectivity index (χ2v) is 5.85. The van der Waals surface area contributed by atoms with E-state index < -0.39 is 13.6 Å². The van der Waals surface area contributed by atoms with Gasteiger partial charge in [0.1, 0.15) is 0 Å². The zero-order chi connectivity index (χ0) is 15.0. The third-order valence-electron chi connectivity index (χ3n) is 2.27. The average Bonchev–Trinajstić information content (AvgIpc) is 2.46. The van der Waals surface area contributed by atoms with Gasteiger partial charge in [0.05, 0.1) is 18.5 Å². The lowest BCUT2D eigenvalue weighted by Crippen LogP contribution is -2.15. The lowest BCUT2D eigenvalue weighted by molar-refractivity contribution is -0.141. The van der Waals surface area contributed by atoms with E-state index in [0.717, 1.165) is 0 Å². The van der Waals surface area contributed by atoms with E-state index in [1.54, 1.807) is 37.3 Å². The summed E-state index contributed by atoms with van der Waals surface area (Å²) in [5, 5.41) is 0.374. The first-order chi connectivity index (χ1) is 9.53. The highest BCUT2D eigenvalue weighted by Crippen LogP contribution is 2.49. The van der Waals surface area contributed by atoms with Crippen LogP contribution >= 0.6 is 7.60 Å². The number of carbonyl (C=O) groups is 1. The van der Waals surface area contributed by atoms with Gasteiger partial charge in [-0.3, -0.25) is 4.52 Å². The summed E-state index contributed by atoms with van der Waals surface area (Å²) in [7, 11) is -3.62. The molecule has 1 aromatic rings. The number of benzene rings is 1. The van der Waals surface area contributed by atoms with Gasteiger partial charge in [-0.25, -0.2) is 9.36 Å². The Hall–Kier alpha value is -1.58. The van der Waals surface area contributed by atoms with Crippen molar-refractivity contribution in [3.63, 3.8) is 0 Å². The molecule has 0 saturated carbocycles. The van der Waals surface area contributed by atoms with E-state index >= 15 is 0 Å². The number of hydrogen-bond donors (Lipinski definition) is 0. The first kappa shape index (κ1) is 16.5. The lowest BCUT2D eigenvalue weighted by Gasteiger charge is -2.19. The predicted molar refractivity (Wildman–Crippen MR) is 76.8 cm³/mol. The van der Waals surface area contributed by atoms with Crippen molar-refractivity contribution < 1.29 is 23.1 Å². The van der Waals surface area contributed by atoms with E-state index in [2.05, 4.69) is 6.58 Å². The van der Waals surface area contributed by atoms with Crippen molar-refractivity contribution in [2.75, 3.05) is 13.2 Å². The van der Waals surface area contributed by atoms with Crippen molar-refractivity contribution in [1.82, 2.24) is 0 Å². The largest absolute Gasteiger partial charge is 0.460 e. The standard InChI is InChI=1S/C14H19O5P/c1-4-11-18-20(16,13-9-7-6-8-10-13)19-12(3)14(15)17-5-2/h6-10H,3-5,11H2,1-2H3. The van der Waals surface area contributed by atoms with Gasteiger partial charge in [-0.2, -0.15) is 0 Å². The molecule has 6 heteroatoms. The summed E-state index contributed by atoms with van der Waals surface area (Å²) < 4.78 is 28.1. The fourth-order valence-corrected chi connectivity index (χ4v) is 3.00. The molecule has 20 heavy (non-hydrogen) atoms. The maximum atomic E-state index is 12.8. The highest BCUT2D eigenvalue weighted by molar-refractivity contribution is 7.62. The summed E-state index contributed by atoms with van der Waals surface area (Å²) in [6.45, 7) is 7.43. The first-order valence-corrected chi connectivity index (χ1v) is 7.93. The molecular formula is C14H19O5P. The summed E-state index contributed by atoms with van der Waals surface area (Å²) in [6, 6.07) is 8.46. The van der Waals surface area contributed by atoms with Crippen LogP contribution in [0.4, 0.5) is 0 Å². The molecule has 1 unspecified atom stereocenters. The molecule has 1 rings (SSSR count). The van der Waals surface area contributed by atoms with Gasteiger partial charge in [-0.05, 0) is 32.1 Å². The van der Waals surface area contributed by atoms with Crippen LogP contribution in [0.3, 0.4) is 0 Å². The molecule has 1 atom stereocenters. The third kappa shape index (κ3) is 4.51. The van der Waals surface area contributed by atoms with E-state index in [9.17, 15) is 9.36 Å². The van der Waals surface area contributed by atoms with Gasteiger partial charge >= 0.3 is 13.6 Å². The molecule has 0 fully saturated rings. The van der Waals surface area contributed by atoms with Crippen LogP contribution in [0.2, 0.25) is 0 Å². The summed E-state index contributed by atoms with van der Waals surface area (Å²) in [5.74, 6) is -1.07. The first-order valence-electron chi connectivity index (χ1n) is 6.39. The summed E-state index contributed by atoms with van der Waals surface area (Å²) in [5.41, 5.74) is 0. The van der Waals surface area contributed by atoms with Gasteiger partial charge in [-0.1, -0.05) is 25.1 Å². The van der Waals surface area contributed by atoms with Crippen LogP contribution in [0.15, 0.2) is 42.7 Å². The van der Waals surface area contributed by atoms with Gasteiger partial charge in [0, 0.05) is 0 Å². The molecule has 110 valence electrons. The predicted octanol–water partition coefficient (Wildman–Crippen LogP) is 3.03. The maximum absolute atomic E-state index is 12.8. The van der Waals surface area contributed by atoms with Gasteiger partial charge in [0.25, 0.3) is 0 Å². The number of rotatable bonds is 8. The molecule has 0 aliphatic carbocycles. The highest BCUT2D eigenvalue weighted by atomic mass is 31.2. The van der Waals surface area contributed by atoms with Crippen molar-refractivity contribution >= 4 is 18.9 Å². The van der Waals surface area contributed by atoms with Crippen molar-refractivity contribution in [2.24, 2.45) is 0 Å². The zero-order valence-electron chi connectivity index (χ0n) is 11.7. The number of hydrogen-bond acceptors (Lipinski definition) is 5. The maximum Gasteiger partial charge on any atom is 0.410 e. The van der Waals surface area contributed by atoms with Crippen molar-refractivity contribution in [2.45, 2.75) is 20.3 Å². The Balaban J connectivity index is 2.92. The van der Waals surface area contributed by atoms with Crippen LogP contribution in [-0.2, 0) is 23.1 Å². The molecule has 0 aromatic heterocycles. The Morgan fingerprint density at radius 1 is 1.25 bits per heavy atom. The van der Waals surface area contributed by atoms with Crippen LogP contribution in [0.5, 0.6) is 0 Å². The molecule has 0 aliphatic rings. The number of esters is 1. The molecule has 0 heterocycles. The van der Waals surface area contributed by atoms with Crippen molar-refractivity contribution in [3.8, 4) is 0 Å². The fourth-order valence-electron chi connectivity index (χ4n) is 1.37. The zero-order valence-corrected chi connectivity index (χ0v) is 12.6. The normalized spacial score (nSPS) is 13.3. The van der Waals surface area contributed by atoms with Gasteiger partial charge in [0.15, 0.2) is 0 Å². The molecule has 0 spiro atoms. The Kier molecular flexibility index (Phi) is 6.49. The SMILES string of the molecule is C=C(OP(=O)(OCCC)c1ccccc1)C(=O)OCC. The highest BCUT2D eigenvalue weighted by Gasteiger charge is 2.31. The summed E-state index contributed by atoms with van der Waals surface area (Å²) in [6.07, 6.45) is 0.673. The van der Waals surface area contributed by atoms with E-state index in [1.807, 2.05) is 6.92 Å². The van der Waals surface area contributed by atoms with Crippen LogP contribution in [0.1, 0.15) is 20.3 Å². The average molecular weight is 298 g/mol. The van der Waals surface area contributed by atoms with E-state index in [-0.39, 0.29) is 19.0 Å². The fraction of sp³-hybridized carbons (Fsp3) is 0.357. The Bertz CT molecular complexity index is 498. The quantitative estimate of drug-likeness (QED) is 0.319. The minimum atomic E-state index is -3.62. The lowest BCUT2D eigenvalue weighted by atomic mass is 10.4. The third-order valence-corrected chi connectivity index (χ3v) is 4.19. The molecule has 0 N–H and O–H groups in total. The van der Waals surface area contributed by atoms with E-state index in [4.69, 9.17) is 13.8 Å². The van der Waals surface area contributed by atoms with Crippen LogP contribution < -0.4 is 5.30 Å². The van der Waals surface area contributed by atoms with Crippen LogP contribution in [0, 0.1) is 0 Å². The Morgan fingerprint density at radius 2 is 1.90 bits per heavy atom. The monoisotopic (exact) mass is 298 g/mol. The summed E-state index contributed by atoms with van der Waals surface area (Å²) in [4.78, 5) is 11.5. The number of carbonyl (C=O) groups excluding carboxylic acids is 1. The second kappa shape index (κ2) is 7.88.